The van der Waals surface area contributed by atoms with Gasteiger partial charge in [0.25, 0.3) is 0 Å². The molecule has 17 heavy (non-hydrogen) atoms. The molecule has 1 aromatic carbocycles. The van der Waals surface area contributed by atoms with Crippen LogP contribution in [0.2, 0.25) is 0 Å². The van der Waals surface area contributed by atoms with E-state index in [0.717, 1.165) is 12.0 Å². The maximum atomic E-state index is 11.0. The van der Waals surface area contributed by atoms with Gasteiger partial charge in [0.1, 0.15) is 6.10 Å². The number of carbonyl (C=O) groups is 1. The van der Waals surface area contributed by atoms with Crippen molar-refractivity contribution in [1.82, 2.24) is 0 Å². The highest BCUT2D eigenvalue weighted by Gasteiger charge is 2.15. The van der Waals surface area contributed by atoms with Crippen molar-refractivity contribution in [2.24, 2.45) is 0 Å². The Balaban J connectivity index is 3.00. The fourth-order valence-corrected chi connectivity index (χ4v) is 1.64. The molecule has 1 rings (SSSR count). The van der Waals surface area contributed by atoms with Crippen molar-refractivity contribution in [2.45, 2.75) is 26.4 Å². The predicted octanol–water partition coefficient (Wildman–Crippen LogP) is 2.72. The van der Waals surface area contributed by atoms with E-state index in [0.29, 0.717) is 11.5 Å². The molecule has 0 fully saturated rings. The van der Waals surface area contributed by atoms with Gasteiger partial charge in [-0.3, -0.25) is 4.79 Å². The Hall–Kier alpha value is -1.71. The van der Waals surface area contributed by atoms with Crippen LogP contribution in [0, 0.1) is 0 Å². The van der Waals surface area contributed by atoms with E-state index in [1.807, 2.05) is 19.1 Å². The fourth-order valence-electron chi connectivity index (χ4n) is 1.64. The van der Waals surface area contributed by atoms with Gasteiger partial charge in [-0.1, -0.05) is 13.0 Å². The molecule has 0 N–H and O–H groups in total. The monoisotopic (exact) mass is 238 g/mol. The van der Waals surface area contributed by atoms with E-state index in [1.165, 1.54) is 6.92 Å². The third-order valence-corrected chi connectivity index (χ3v) is 2.46. The smallest absolute Gasteiger partial charge is 0.303 e. The Kier molecular flexibility index (Phi) is 4.82. The van der Waals surface area contributed by atoms with Gasteiger partial charge in [0, 0.05) is 6.92 Å². The van der Waals surface area contributed by atoms with Gasteiger partial charge in [-0.05, 0) is 24.1 Å². The Labute approximate surface area is 101 Å². The number of rotatable bonds is 5. The number of hydrogen-bond donors (Lipinski definition) is 0. The van der Waals surface area contributed by atoms with Crippen LogP contribution < -0.4 is 9.47 Å². The van der Waals surface area contributed by atoms with Crippen LogP contribution in [-0.2, 0) is 9.53 Å². The van der Waals surface area contributed by atoms with Gasteiger partial charge in [0.05, 0.1) is 14.2 Å². The van der Waals surface area contributed by atoms with Crippen LogP contribution in [0.25, 0.3) is 0 Å². The Morgan fingerprint density at radius 1 is 1.24 bits per heavy atom. The van der Waals surface area contributed by atoms with Gasteiger partial charge < -0.3 is 14.2 Å². The van der Waals surface area contributed by atoms with Gasteiger partial charge in [0.2, 0.25) is 0 Å². The number of carbonyl (C=O) groups excluding carboxylic acids is 1. The molecular formula is C13H18O4. The molecule has 0 aliphatic heterocycles. The third kappa shape index (κ3) is 3.37. The molecule has 0 amide bonds. The largest absolute Gasteiger partial charge is 0.493 e. The van der Waals surface area contributed by atoms with Crippen molar-refractivity contribution in [2.75, 3.05) is 14.2 Å². The van der Waals surface area contributed by atoms with E-state index in [1.54, 1.807) is 20.3 Å². The summed E-state index contributed by atoms with van der Waals surface area (Å²) in [4.78, 5) is 11.0. The maximum Gasteiger partial charge on any atom is 0.303 e. The second-order valence-electron chi connectivity index (χ2n) is 3.62. The molecule has 0 aliphatic carbocycles. The first kappa shape index (κ1) is 13.4. The molecule has 4 nitrogen and oxygen atoms in total. The number of hydrogen-bond acceptors (Lipinski definition) is 4. The molecule has 0 spiro atoms. The summed E-state index contributed by atoms with van der Waals surface area (Å²) in [5.41, 5.74) is 0.903. The number of esters is 1. The van der Waals surface area contributed by atoms with Crippen molar-refractivity contribution in [1.29, 1.82) is 0 Å². The van der Waals surface area contributed by atoms with E-state index < -0.39 is 0 Å². The summed E-state index contributed by atoms with van der Waals surface area (Å²) in [5, 5.41) is 0. The quantitative estimate of drug-likeness (QED) is 0.740. The van der Waals surface area contributed by atoms with Crippen LogP contribution in [0.15, 0.2) is 18.2 Å². The van der Waals surface area contributed by atoms with E-state index in [-0.39, 0.29) is 12.1 Å². The molecule has 0 saturated heterocycles. The van der Waals surface area contributed by atoms with E-state index >= 15 is 0 Å². The zero-order chi connectivity index (χ0) is 12.8. The van der Waals surface area contributed by atoms with Crippen molar-refractivity contribution >= 4 is 5.97 Å². The molecule has 0 saturated carbocycles. The second kappa shape index (κ2) is 6.13. The molecule has 4 heteroatoms. The normalized spacial score (nSPS) is 11.8. The Morgan fingerprint density at radius 2 is 1.88 bits per heavy atom. The molecule has 0 bridgehead atoms. The molecule has 0 aliphatic rings. The lowest BCUT2D eigenvalue weighted by molar-refractivity contribution is -0.146. The molecule has 0 heterocycles. The first-order valence-electron chi connectivity index (χ1n) is 5.51. The van der Waals surface area contributed by atoms with Crippen LogP contribution >= 0.6 is 0 Å². The fraction of sp³-hybridized carbons (Fsp3) is 0.462. The SMILES string of the molecule is CCC(OC(C)=O)c1ccc(OC)c(OC)c1. The van der Waals surface area contributed by atoms with Crippen molar-refractivity contribution in [3.05, 3.63) is 23.8 Å². The zero-order valence-corrected chi connectivity index (χ0v) is 10.6. The van der Waals surface area contributed by atoms with Crippen molar-refractivity contribution in [3.8, 4) is 11.5 Å². The summed E-state index contributed by atoms with van der Waals surface area (Å²) in [6.07, 6.45) is 0.474. The summed E-state index contributed by atoms with van der Waals surface area (Å²) < 4.78 is 15.6. The standard InChI is InChI=1S/C13H18O4/c1-5-11(17-9(2)14)10-6-7-12(15-3)13(8-10)16-4/h6-8,11H,5H2,1-4H3. The summed E-state index contributed by atoms with van der Waals surface area (Å²) >= 11 is 0. The first-order valence-corrected chi connectivity index (χ1v) is 5.51. The van der Waals surface area contributed by atoms with E-state index in [2.05, 4.69) is 0 Å². The topological polar surface area (TPSA) is 44.8 Å². The maximum absolute atomic E-state index is 11.0. The minimum absolute atomic E-state index is 0.243. The van der Waals surface area contributed by atoms with Gasteiger partial charge in [-0.2, -0.15) is 0 Å². The van der Waals surface area contributed by atoms with Gasteiger partial charge >= 0.3 is 5.97 Å². The molecule has 1 aromatic rings. The van der Waals surface area contributed by atoms with Gasteiger partial charge in [0.15, 0.2) is 11.5 Å². The van der Waals surface area contributed by atoms with E-state index in [4.69, 9.17) is 14.2 Å². The van der Waals surface area contributed by atoms with Crippen LogP contribution in [0.1, 0.15) is 31.9 Å². The summed E-state index contributed by atoms with van der Waals surface area (Å²) in [6.45, 7) is 3.37. The molecule has 0 radical (unpaired) electrons. The lowest BCUT2D eigenvalue weighted by Crippen LogP contribution is -2.07. The van der Waals surface area contributed by atoms with Crippen LogP contribution in [0.5, 0.6) is 11.5 Å². The summed E-state index contributed by atoms with van der Waals surface area (Å²) in [6, 6.07) is 5.51. The highest BCUT2D eigenvalue weighted by atomic mass is 16.5. The van der Waals surface area contributed by atoms with Crippen molar-refractivity contribution in [3.63, 3.8) is 0 Å². The minimum Gasteiger partial charge on any atom is -0.493 e. The minimum atomic E-state index is -0.286. The molecule has 1 unspecified atom stereocenters. The zero-order valence-electron chi connectivity index (χ0n) is 10.6. The Bertz CT molecular complexity index is 387. The van der Waals surface area contributed by atoms with Crippen molar-refractivity contribution < 1.29 is 19.0 Å². The first-order chi connectivity index (χ1) is 8.12. The molecule has 1 atom stereocenters. The van der Waals surface area contributed by atoms with Crippen LogP contribution in [-0.4, -0.2) is 20.2 Å². The Morgan fingerprint density at radius 3 is 2.35 bits per heavy atom. The summed E-state index contributed by atoms with van der Waals surface area (Å²) in [7, 11) is 3.16. The number of benzene rings is 1. The van der Waals surface area contributed by atoms with E-state index in [9.17, 15) is 4.79 Å². The predicted molar refractivity (Wildman–Crippen MR) is 64.3 cm³/mol. The number of methoxy groups -OCH3 is 2. The average Bonchev–Trinajstić information content (AvgIpc) is 2.34. The average molecular weight is 238 g/mol. The second-order valence-corrected chi connectivity index (χ2v) is 3.62. The molecular weight excluding hydrogens is 220 g/mol. The lowest BCUT2D eigenvalue weighted by atomic mass is 10.1. The highest BCUT2D eigenvalue weighted by molar-refractivity contribution is 5.66. The number of ether oxygens (including phenoxy) is 3. The van der Waals surface area contributed by atoms with Gasteiger partial charge in [-0.15, -0.1) is 0 Å². The molecule has 0 aromatic heterocycles. The van der Waals surface area contributed by atoms with Gasteiger partial charge in [-0.25, -0.2) is 0 Å². The third-order valence-electron chi connectivity index (χ3n) is 2.46. The summed E-state index contributed by atoms with van der Waals surface area (Å²) in [5.74, 6) is 1.01. The van der Waals surface area contributed by atoms with Crippen LogP contribution in [0.4, 0.5) is 0 Å². The highest BCUT2D eigenvalue weighted by Crippen LogP contribution is 2.32. The molecule has 94 valence electrons. The van der Waals surface area contributed by atoms with Crippen LogP contribution in [0.3, 0.4) is 0 Å². The lowest BCUT2D eigenvalue weighted by Gasteiger charge is -2.17.